The number of amides is 1. The third-order valence-corrected chi connectivity index (χ3v) is 3.02. The zero-order valence-electron chi connectivity index (χ0n) is 13.4. The maximum absolute atomic E-state index is 12.0. The molecule has 0 saturated carbocycles. The molecule has 0 bridgehead atoms. The Labute approximate surface area is 143 Å². The van der Waals surface area contributed by atoms with Crippen molar-refractivity contribution in [1.29, 1.82) is 0 Å². The highest BCUT2D eigenvalue weighted by Gasteiger charge is 2.09. The molecule has 1 heterocycles. The number of ether oxygens (including phenoxy) is 1. The molecule has 130 valence electrons. The fourth-order valence-corrected chi connectivity index (χ4v) is 1.93. The van der Waals surface area contributed by atoms with Crippen LogP contribution in [0.1, 0.15) is 17.3 Å². The molecule has 0 spiro atoms. The minimum Gasteiger partial charge on any atom is -0.460 e. The number of nitrogens with one attached hydrogen (secondary N) is 2. The van der Waals surface area contributed by atoms with Crippen LogP contribution in [-0.2, 0) is 9.53 Å². The van der Waals surface area contributed by atoms with E-state index in [0.717, 1.165) is 6.20 Å². The smallest absolute Gasteiger partial charge is 0.338 e. The van der Waals surface area contributed by atoms with Crippen LogP contribution >= 0.6 is 0 Å². The summed E-state index contributed by atoms with van der Waals surface area (Å²) in [5.41, 5.74) is 0.728. The summed E-state index contributed by atoms with van der Waals surface area (Å²) in [6.45, 7) is 1.76. The average Bonchev–Trinajstić information content (AvgIpc) is 2.58. The van der Waals surface area contributed by atoms with Crippen molar-refractivity contribution in [3.63, 3.8) is 0 Å². The Morgan fingerprint density at radius 1 is 1.28 bits per heavy atom. The van der Waals surface area contributed by atoms with Crippen molar-refractivity contribution in [2.75, 3.05) is 23.8 Å². The summed E-state index contributed by atoms with van der Waals surface area (Å²) in [7, 11) is 0. The van der Waals surface area contributed by atoms with Crippen LogP contribution in [0.3, 0.4) is 0 Å². The highest BCUT2D eigenvalue weighted by Crippen LogP contribution is 2.13. The van der Waals surface area contributed by atoms with Gasteiger partial charge >= 0.3 is 5.97 Å². The van der Waals surface area contributed by atoms with Gasteiger partial charge in [0.15, 0.2) is 0 Å². The number of rotatable bonds is 7. The Balaban J connectivity index is 1.80. The number of carbonyl (C=O) groups excluding carboxylic acids is 2. The van der Waals surface area contributed by atoms with E-state index in [0.29, 0.717) is 23.6 Å². The molecule has 0 aliphatic carbocycles. The second-order valence-electron chi connectivity index (χ2n) is 4.98. The van der Waals surface area contributed by atoms with Crippen molar-refractivity contribution in [2.24, 2.45) is 0 Å². The van der Waals surface area contributed by atoms with Crippen molar-refractivity contribution in [3.8, 4) is 0 Å². The standard InChI is InChI=1S/C16H16N4O5/c1-11(21)19-13-4-2-3-12(9-13)16(22)25-8-7-17-15-6-5-14(10-18-15)20(23)24/h2-6,9-10H,7-8H2,1H3,(H,17,18)(H,19,21). The van der Waals surface area contributed by atoms with Gasteiger partial charge < -0.3 is 15.4 Å². The van der Waals surface area contributed by atoms with Crippen LogP contribution in [0.4, 0.5) is 17.2 Å². The molecule has 0 radical (unpaired) electrons. The lowest BCUT2D eigenvalue weighted by Crippen LogP contribution is -2.15. The number of pyridine rings is 1. The lowest BCUT2D eigenvalue weighted by Gasteiger charge is -2.08. The second kappa shape index (κ2) is 8.39. The highest BCUT2D eigenvalue weighted by atomic mass is 16.6. The maximum Gasteiger partial charge on any atom is 0.338 e. The number of benzene rings is 1. The van der Waals surface area contributed by atoms with Gasteiger partial charge in [-0.2, -0.15) is 0 Å². The van der Waals surface area contributed by atoms with Crippen molar-refractivity contribution in [3.05, 3.63) is 58.3 Å². The quantitative estimate of drug-likeness (QED) is 0.341. The summed E-state index contributed by atoms with van der Waals surface area (Å²) in [4.78, 5) is 36.9. The molecular weight excluding hydrogens is 328 g/mol. The van der Waals surface area contributed by atoms with Crippen LogP contribution in [-0.4, -0.2) is 34.9 Å². The minimum atomic E-state index is -0.534. The third kappa shape index (κ3) is 5.57. The fraction of sp³-hybridized carbons (Fsp3) is 0.188. The Bertz CT molecular complexity index is 776. The molecule has 0 aliphatic rings. The number of hydrogen-bond acceptors (Lipinski definition) is 7. The van der Waals surface area contributed by atoms with Gasteiger partial charge in [0.25, 0.3) is 5.69 Å². The molecular formula is C16H16N4O5. The molecule has 25 heavy (non-hydrogen) atoms. The Hall–Kier alpha value is -3.49. The first kappa shape index (κ1) is 17.9. The van der Waals surface area contributed by atoms with E-state index in [2.05, 4.69) is 15.6 Å². The molecule has 0 atom stereocenters. The summed E-state index contributed by atoms with van der Waals surface area (Å²) in [6, 6.07) is 9.21. The molecule has 2 rings (SSSR count). The van der Waals surface area contributed by atoms with Crippen molar-refractivity contribution in [2.45, 2.75) is 6.92 Å². The van der Waals surface area contributed by atoms with Gasteiger partial charge in [0.05, 0.1) is 17.0 Å². The van der Waals surface area contributed by atoms with Crippen molar-refractivity contribution >= 4 is 29.1 Å². The number of nitro groups is 1. The summed E-state index contributed by atoms with van der Waals surface area (Å²) in [5, 5.41) is 16.0. The van der Waals surface area contributed by atoms with Crippen LogP contribution in [0, 0.1) is 10.1 Å². The zero-order valence-corrected chi connectivity index (χ0v) is 13.4. The van der Waals surface area contributed by atoms with Gasteiger partial charge in [0.1, 0.15) is 18.6 Å². The number of anilines is 2. The molecule has 1 aromatic heterocycles. The van der Waals surface area contributed by atoms with Crippen LogP contribution < -0.4 is 10.6 Å². The highest BCUT2D eigenvalue weighted by molar-refractivity contribution is 5.93. The molecule has 0 saturated heterocycles. The number of carbonyl (C=O) groups is 2. The molecule has 0 unspecified atom stereocenters. The van der Waals surface area contributed by atoms with E-state index in [-0.39, 0.29) is 18.2 Å². The van der Waals surface area contributed by atoms with E-state index in [1.807, 2.05) is 0 Å². The van der Waals surface area contributed by atoms with E-state index in [4.69, 9.17) is 4.74 Å². The SMILES string of the molecule is CC(=O)Nc1cccc(C(=O)OCCNc2ccc([N+](=O)[O-])cn2)c1. The summed E-state index contributed by atoms with van der Waals surface area (Å²) < 4.78 is 5.12. The van der Waals surface area contributed by atoms with Crippen LogP contribution in [0.2, 0.25) is 0 Å². The summed E-state index contributed by atoms with van der Waals surface area (Å²) in [5.74, 6) is -0.315. The first-order valence-electron chi connectivity index (χ1n) is 7.35. The van der Waals surface area contributed by atoms with Gasteiger partial charge in [-0.3, -0.25) is 14.9 Å². The van der Waals surface area contributed by atoms with E-state index in [1.54, 1.807) is 18.2 Å². The number of esters is 1. The van der Waals surface area contributed by atoms with Crippen LogP contribution in [0.25, 0.3) is 0 Å². The molecule has 1 amide bonds. The van der Waals surface area contributed by atoms with E-state index < -0.39 is 10.9 Å². The number of hydrogen-bond donors (Lipinski definition) is 2. The Morgan fingerprint density at radius 2 is 2.08 bits per heavy atom. The molecule has 2 aromatic rings. The van der Waals surface area contributed by atoms with Crippen LogP contribution in [0.15, 0.2) is 42.6 Å². The fourth-order valence-electron chi connectivity index (χ4n) is 1.93. The second-order valence-corrected chi connectivity index (χ2v) is 4.98. The summed E-state index contributed by atoms with van der Waals surface area (Å²) in [6.07, 6.45) is 1.14. The average molecular weight is 344 g/mol. The lowest BCUT2D eigenvalue weighted by molar-refractivity contribution is -0.385. The largest absolute Gasteiger partial charge is 0.460 e. The van der Waals surface area contributed by atoms with E-state index in [9.17, 15) is 19.7 Å². The first-order chi connectivity index (χ1) is 12.0. The molecule has 9 nitrogen and oxygen atoms in total. The summed E-state index contributed by atoms with van der Waals surface area (Å²) >= 11 is 0. The molecule has 2 N–H and O–H groups in total. The molecule has 0 aliphatic heterocycles. The minimum absolute atomic E-state index is 0.0852. The third-order valence-electron chi connectivity index (χ3n) is 3.02. The zero-order chi connectivity index (χ0) is 18.2. The van der Waals surface area contributed by atoms with Gasteiger partial charge in [-0.15, -0.1) is 0 Å². The van der Waals surface area contributed by atoms with Crippen LogP contribution in [0.5, 0.6) is 0 Å². The van der Waals surface area contributed by atoms with Gasteiger partial charge in [-0.25, -0.2) is 9.78 Å². The first-order valence-corrected chi connectivity index (χ1v) is 7.35. The Morgan fingerprint density at radius 3 is 2.72 bits per heavy atom. The van der Waals surface area contributed by atoms with Gasteiger partial charge in [0, 0.05) is 18.7 Å². The van der Waals surface area contributed by atoms with Gasteiger partial charge in [-0.05, 0) is 24.3 Å². The van der Waals surface area contributed by atoms with E-state index in [1.165, 1.54) is 25.1 Å². The Kier molecular flexibility index (Phi) is 5.99. The maximum atomic E-state index is 12.0. The molecule has 9 heteroatoms. The normalized spacial score (nSPS) is 9.96. The number of aromatic nitrogens is 1. The van der Waals surface area contributed by atoms with E-state index >= 15 is 0 Å². The van der Waals surface area contributed by atoms with Gasteiger partial charge in [0.2, 0.25) is 5.91 Å². The molecule has 0 fully saturated rings. The lowest BCUT2D eigenvalue weighted by atomic mass is 10.2. The molecule has 1 aromatic carbocycles. The van der Waals surface area contributed by atoms with Crippen molar-refractivity contribution in [1.82, 2.24) is 4.98 Å². The number of nitrogens with zero attached hydrogens (tertiary/aromatic N) is 2. The predicted octanol–water partition coefficient (Wildman–Crippen LogP) is 2.22. The van der Waals surface area contributed by atoms with Crippen molar-refractivity contribution < 1.29 is 19.2 Å². The monoisotopic (exact) mass is 344 g/mol. The predicted molar refractivity (Wildman–Crippen MR) is 90.4 cm³/mol. The van der Waals surface area contributed by atoms with Gasteiger partial charge in [-0.1, -0.05) is 6.07 Å². The topological polar surface area (TPSA) is 123 Å².